The van der Waals surface area contributed by atoms with Crippen molar-refractivity contribution in [3.05, 3.63) is 48.6 Å². The third-order valence-corrected chi connectivity index (χ3v) is 1.31. The van der Waals surface area contributed by atoms with E-state index < -0.39 is 0 Å². The standard InChI is InChI=1S/2C5H6.Pb.2H/c2*1-2-4-5-3-1;;;/h2*1-4H,5H2;;;. The van der Waals surface area contributed by atoms with Gasteiger partial charge in [-0.2, -0.15) is 0 Å². The Morgan fingerprint density at radius 3 is 0.909 bits per heavy atom. The number of hydrogen-bond donors (Lipinski definition) is 0. The summed E-state index contributed by atoms with van der Waals surface area (Å²) in [5.41, 5.74) is 0. The molecule has 11 heavy (non-hydrogen) atoms. The molecular formula is C10H14Pb. The topological polar surface area (TPSA) is 0 Å². The van der Waals surface area contributed by atoms with Gasteiger partial charge in [0.2, 0.25) is 0 Å². The summed E-state index contributed by atoms with van der Waals surface area (Å²) >= 11 is 0. The van der Waals surface area contributed by atoms with Crippen LogP contribution in [0.5, 0.6) is 0 Å². The summed E-state index contributed by atoms with van der Waals surface area (Å²) in [5, 5.41) is 0. The SMILES string of the molecule is C1=CCC=C1.C1=CCC=C1.[PbH2]. The van der Waals surface area contributed by atoms with Crippen molar-refractivity contribution in [1.82, 2.24) is 0 Å². The van der Waals surface area contributed by atoms with Crippen LogP contribution in [0.3, 0.4) is 0 Å². The molecule has 2 aliphatic rings. The van der Waals surface area contributed by atoms with E-state index in [4.69, 9.17) is 0 Å². The second kappa shape index (κ2) is 7.98. The Balaban J connectivity index is 0.000000167. The van der Waals surface area contributed by atoms with E-state index in [2.05, 4.69) is 48.6 Å². The minimum atomic E-state index is 0. The molecule has 0 saturated heterocycles. The normalized spacial score (nSPS) is 16.0. The molecule has 0 aromatic carbocycles. The van der Waals surface area contributed by atoms with E-state index in [0.717, 1.165) is 12.8 Å². The minimum absolute atomic E-state index is 0. The van der Waals surface area contributed by atoms with E-state index in [1.807, 2.05) is 0 Å². The molecule has 0 heterocycles. The van der Waals surface area contributed by atoms with E-state index in [9.17, 15) is 0 Å². The summed E-state index contributed by atoms with van der Waals surface area (Å²) in [4.78, 5) is 0. The summed E-state index contributed by atoms with van der Waals surface area (Å²) in [6.07, 6.45) is 19.0. The molecule has 2 aliphatic carbocycles. The zero-order valence-corrected chi connectivity index (χ0v) is 12.2. The van der Waals surface area contributed by atoms with Crippen LogP contribution >= 0.6 is 0 Å². The third kappa shape index (κ3) is 6.29. The van der Waals surface area contributed by atoms with Crippen LogP contribution in [0.2, 0.25) is 0 Å². The van der Waals surface area contributed by atoms with Gasteiger partial charge in [-0.3, -0.25) is 0 Å². The molecule has 0 N–H and O–H groups in total. The van der Waals surface area contributed by atoms with Crippen LogP contribution in [0, 0.1) is 0 Å². The fraction of sp³-hybridized carbons (Fsp3) is 0.200. The van der Waals surface area contributed by atoms with Crippen LogP contribution in [-0.4, -0.2) is 27.3 Å². The van der Waals surface area contributed by atoms with Crippen molar-refractivity contribution in [2.75, 3.05) is 0 Å². The van der Waals surface area contributed by atoms with Crippen molar-refractivity contribution in [3.63, 3.8) is 0 Å². The first kappa shape index (κ1) is 10.9. The molecule has 2 rings (SSSR count). The quantitative estimate of drug-likeness (QED) is 0.592. The Hall–Kier alpha value is -0.118. The number of hydrogen-bond acceptors (Lipinski definition) is 0. The number of allylic oxidation sites excluding steroid dienone is 8. The van der Waals surface area contributed by atoms with Gasteiger partial charge in [0.1, 0.15) is 0 Å². The predicted molar refractivity (Wildman–Crippen MR) is 54.3 cm³/mol. The molecule has 0 fully saturated rings. The average molecular weight is 341 g/mol. The Morgan fingerprint density at radius 2 is 0.818 bits per heavy atom. The molecule has 2 radical (unpaired) electrons. The molecule has 0 nitrogen and oxygen atoms in total. The van der Waals surface area contributed by atoms with E-state index in [1.165, 1.54) is 0 Å². The molecule has 0 saturated carbocycles. The maximum atomic E-state index is 2.12. The molecular weight excluding hydrogens is 327 g/mol. The van der Waals surface area contributed by atoms with Gasteiger partial charge in [-0.1, -0.05) is 48.6 Å². The molecule has 0 bridgehead atoms. The van der Waals surface area contributed by atoms with Gasteiger partial charge in [-0.05, 0) is 12.8 Å². The fourth-order valence-electron chi connectivity index (χ4n) is 0.786. The van der Waals surface area contributed by atoms with Gasteiger partial charge in [0.05, 0.1) is 0 Å². The van der Waals surface area contributed by atoms with Gasteiger partial charge >= 0.3 is 27.3 Å². The van der Waals surface area contributed by atoms with Crippen LogP contribution in [0.15, 0.2) is 48.6 Å². The monoisotopic (exact) mass is 342 g/mol. The Morgan fingerprint density at radius 1 is 0.545 bits per heavy atom. The van der Waals surface area contributed by atoms with Gasteiger partial charge in [0, 0.05) is 0 Å². The molecule has 0 amide bonds. The molecule has 1 heteroatoms. The van der Waals surface area contributed by atoms with Crippen molar-refractivity contribution in [1.29, 1.82) is 0 Å². The van der Waals surface area contributed by atoms with Gasteiger partial charge in [0.15, 0.2) is 0 Å². The Kier molecular flexibility index (Phi) is 7.90. The molecule has 58 valence electrons. The maximum absolute atomic E-state index is 2.12. The molecule has 0 unspecified atom stereocenters. The van der Waals surface area contributed by atoms with E-state index in [1.54, 1.807) is 0 Å². The van der Waals surface area contributed by atoms with E-state index in [-0.39, 0.29) is 27.3 Å². The van der Waals surface area contributed by atoms with Gasteiger partial charge < -0.3 is 0 Å². The fourth-order valence-corrected chi connectivity index (χ4v) is 0.786. The van der Waals surface area contributed by atoms with Crippen LogP contribution in [-0.2, 0) is 0 Å². The van der Waals surface area contributed by atoms with Gasteiger partial charge in [0.25, 0.3) is 0 Å². The van der Waals surface area contributed by atoms with Crippen LogP contribution in [0.1, 0.15) is 12.8 Å². The Bertz CT molecular complexity index is 143. The summed E-state index contributed by atoms with van der Waals surface area (Å²) in [6.45, 7) is 0. The van der Waals surface area contributed by atoms with Gasteiger partial charge in [-0.25, -0.2) is 0 Å². The van der Waals surface area contributed by atoms with Crippen LogP contribution < -0.4 is 0 Å². The zero-order valence-electron chi connectivity index (χ0n) is 6.74. The number of rotatable bonds is 0. The third-order valence-electron chi connectivity index (χ3n) is 1.31. The van der Waals surface area contributed by atoms with Crippen molar-refractivity contribution < 1.29 is 0 Å². The second-order valence-corrected chi connectivity index (χ2v) is 2.18. The van der Waals surface area contributed by atoms with Crippen molar-refractivity contribution in [2.45, 2.75) is 12.8 Å². The van der Waals surface area contributed by atoms with Crippen molar-refractivity contribution in [3.8, 4) is 0 Å². The van der Waals surface area contributed by atoms with E-state index >= 15 is 0 Å². The average Bonchev–Trinajstić information content (AvgIpc) is 2.67. The van der Waals surface area contributed by atoms with Crippen molar-refractivity contribution >= 4 is 27.3 Å². The first-order chi connectivity index (χ1) is 5.00. The zero-order chi connectivity index (χ0) is 7.07. The first-order valence-corrected chi connectivity index (χ1v) is 3.63. The summed E-state index contributed by atoms with van der Waals surface area (Å²) in [7, 11) is 0. The molecule has 0 atom stereocenters. The van der Waals surface area contributed by atoms with Crippen LogP contribution in [0.25, 0.3) is 0 Å². The molecule has 0 aliphatic heterocycles. The molecule has 0 spiro atoms. The van der Waals surface area contributed by atoms with E-state index in [0.29, 0.717) is 0 Å². The molecule has 0 aromatic rings. The summed E-state index contributed by atoms with van der Waals surface area (Å²) < 4.78 is 0. The predicted octanol–water partition coefficient (Wildman–Crippen LogP) is 2.09. The molecule has 0 aromatic heterocycles. The summed E-state index contributed by atoms with van der Waals surface area (Å²) in [6, 6.07) is 0. The van der Waals surface area contributed by atoms with Crippen LogP contribution in [0.4, 0.5) is 0 Å². The Labute approximate surface area is 88.5 Å². The second-order valence-electron chi connectivity index (χ2n) is 2.18. The first-order valence-electron chi connectivity index (χ1n) is 3.63. The van der Waals surface area contributed by atoms with Gasteiger partial charge in [-0.15, -0.1) is 0 Å². The van der Waals surface area contributed by atoms with Crippen molar-refractivity contribution in [2.24, 2.45) is 0 Å². The summed E-state index contributed by atoms with van der Waals surface area (Å²) in [5.74, 6) is 0.